The van der Waals surface area contributed by atoms with Crippen molar-refractivity contribution in [2.45, 2.75) is 46.5 Å². The first kappa shape index (κ1) is 13.0. The Labute approximate surface area is 98.9 Å². The summed E-state index contributed by atoms with van der Waals surface area (Å²) in [7, 11) is 0. The number of rotatable bonds is 6. The van der Waals surface area contributed by atoms with E-state index in [1.807, 2.05) is 31.2 Å². The van der Waals surface area contributed by atoms with Crippen molar-refractivity contribution < 1.29 is 4.79 Å². The van der Waals surface area contributed by atoms with E-state index in [4.69, 9.17) is 0 Å². The van der Waals surface area contributed by atoms with E-state index in [0.29, 0.717) is 5.78 Å². The van der Waals surface area contributed by atoms with Crippen molar-refractivity contribution in [1.29, 1.82) is 0 Å². The van der Waals surface area contributed by atoms with Gasteiger partial charge in [0.2, 0.25) is 0 Å². The monoisotopic (exact) mass is 218 g/mol. The van der Waals surface area contributed by atoms with Crippen LogP contribution in [0.4, 0.5) is 0 Å². The minimum atomic E-state index is 0.219. The van der Waals surface area contributed by atoms with Crippen LogP contribution >= 0.6 is 0 Å². The quantitative estimate of drug-likeness (QED) is 0.647. The topological polar surface area (TPSA) is 17.1 Å². The second-order valence-electron chi connectivity index (χ2n) is 4.45. The highest BCUT2D eigenvalue weighted by molar-refractivity contribution is 5.99. The number of hydrogen-bond donors (Lipinski definition) is 0. The molecule has 0 saturated heterocycles. The molecule has 1 nitrogen and oxygen atoms in total. The molecule has 0 bridgehead atoms. The first-order valence-corrected chi connectivity index (χ1v) is 6.30. The number of ketones is 1. The summed E-state index contributed by atoms with van der Waals surface area (Å²) in [6.07, 6.45) is 4.20. The normalized spacial score (nSPS) is 10.8. The van der Waals surface area contributed by atoms with Crippen molar-refractivity contribution in [1.82, 2.24) is 0 Å². The molecule has 16 heavy (non-hydrogen) atoms. The summed E-state index contributed by atoms with van der Waals surface area (Å²) in [6, 6.07) is 7.91. The SMILES string of the molecule is CCCC(CCC)C(=O)c1ccccc1C. The number of Topliss-reactive ketones (excluding diaryl/α,β-unsaturated/α-hetero) is 1. The second kappa shape index (κ2) is 6.47. The molecule has 0 fully saturated rings. The largest absolute Gasteiger partial charge is 0.294 e. The predicted molar refractivity (Wildman–Crippen MR) is 68.8 cm³/mol. The van der Waals surface area contributed by atoms with Gasteiger partial charge in [0, 0.05) is 11.5 Å². The van der Waals surface area contributed by atoms with Gasteiger partial charge in [-0.25, -0.2) is 0 Å². The zero-order valence-electron chi connectivity index (χ0n) is 10.6. The summed E-state index contributed by atoms with van der Waals surface area (Å²) in [6.45, 7) is 6.31. The van der Waals surface area contributed by atoms with Gasteiger partial charge in [-0.15, -0.1) is 0 Å². The summed E-state index contributed by atoms with van der Waals surface area (Å²) in [5.74, 6) is 0.554. The van der Waals surface area contributed by atoms with Gasteiger partial charge in [0.25, 0.3) is 0 Å². The average molecular weight is 218 g/mol. The fourth-order valence-electron chi connectivity index (χ4n) is 2.17. The first-order valence-electron chi connectivity index (χ1n) is 6.30. The summed E-state index contributed by atoms with van der Waals surface area (Å²) in [5, 5.41) is 0. The van der Waals surface area contributed by atoms with E-state index in [2.05, 4.69) is 13.8 Å². The highest BCUT2D eigenvalue weighted by atomic mass is 16.1. The first-order chi connectivity index (χ1) is 7.70. The van der Waals surface area contributed by atoms with Gasteiger partial charge in [-0.05, 0) is 25.3 Å². The van der Waals surface area contributed by atoms with Gasteiger partial charge in [-0.3, -0.25) is 4.79 Å². The van der Waals surface area contributed by atoms with Crippen molar-refractivity contribution in [2.24, 2.45) is 5.92 Å². The summed E-state index contributed by atoms with van der Waals surface area (Å²) >= 11 is 0. The molecule has 0 aliphatic rings. The molecule has 0 saturated carbocycles. The fourth-order valence-corrected chi connectivity index (χ4v) is 2.17. The molecule has 88 valence electrons. The molecule has 0 heterocycles. The van der Waals surface area contributed by atoms with Gasteiger partial charge < -0.3 is 0 Å². The highest BCUT2D eigenvalue weighted by Gasteiger charge is 2.19. The van der Waals surface area contributed by atoms with Crippen LogP contribution in [-0.2, 0) is 0 Å². The molecule has 1 aromatic rings. The number of benzene rings is 1. The average Bonchev–Trinajstić information content (AvgIpc) is 2.28. The number of aryl methyl sites for hydroxylation is 1. The van der Waals surface area contributed by atoms with Gasteiger partial charge in [-0.2, -0.15) is 0 Å². The molecule has 1 aromatic carbocycles. The Hall–Kier alpha value is -1.11. The maximum absolute atomic E-state index is 12.3. The Balaban J connectivity index is 2.85. The molecule has 0 amide bonds. The van der Waals surface area contributed by atoms with Gasteiger partial charge in [0.1, 0.15) is 0 Å². The van der Waals surface area contributed by atoms with Crippen LogP contribution in [0.15, 0.2) is 24.3 Å². The number of hydrogen-bond acceptors (Lipinski definition) is 1. The third kappa shape index (κ3) is 3.19. The van der Waals surface area contributed by atoms with E-state index < -0.39 is 0 Å². The third-order valence-electron chi connectivity index (χ3n) is 3.06. The van der Waals surface area contributed by atoms with Crippen LogP contribution < -0.4 is 0 Å². The molecule has 0 aromatic heterocycles. The smallest absolute Gasteiger partial charge is 0.166 e. The van der Waals surface area contributed by atoms with Gasteiger partial charge in [0.05, 0.1) is 0 Å². The maximum atomic E-state index is 12.3. The van der Waals surface area contributed by atoms with Crippen LogP contribution in [-0.4, -0.2) is 5.78 Å². The molecule has 0 aliphatic carbocycles. The second-order valence-corrected chi connectivity index (χ2v) is 4.45. The molecule has 0 radical (unpaired) electrons. The minimum absolute atomic E-state index is 0.219. The van der Waals surface area contributed by atoms with Crippen LogP contribution in [0.5, 0.6) is 0 Å². The van der Waals surface area contributed by atoms with Crippen LogP contribution in [0, 0.1) is 12.8 Å². The maximum Gasteiger partial charge on any atom is 0.166 e. The van der Waals surface area contributed by atoms with E-state index in [1.54, 1.807) is 0 Å². The zero-order valence-corrected chi connectivity index (χ0v) is 10.6. The molecule has 0 N–H and O–H groups in total. The Morgan fingerprint density at radius 1 is 1.12 bits per heavy atom. The summed E-state index contributed by atoms with van der Waals surface area (Å²) in [4.78, 5) is 12.3. The molecule has 0 aliphatic heterocycles. The molecular formula is C15H22O. The Morgan fingerprint density at radius 3 is 2.19 bits per heavy atom. The van der Waals surface area contributed by atoms with Crippen molar-refractivity contribution in [3.05, 3.63) is 35.4 Å². The molecule has 0 atom stereocenters. The van der Waals surface area contributed by atoms with Crippen molar-refractivity contribution >= 4 is 5.78 Å². The molecular weight excluding hydrogens is 196 g/mol. The van der Waals surface area contributed by atoms with E-state index in [0.717, 1.165) is 36.8 Å². The van der Waals surface area contributed by atoms with Gasteiger partial charge in [0.15, 0.2) is 5.78 Å². The lowest BCUT2D eigenvalue weighted by Crippen LogP contribution is -2.15. The summed E-state index contributed by atoms with van der Waals surface area (Å²) in [5.41, 5.74) is 2.01. The Kier molecular flexibility index (Phi) is 5.24. The Morgan fingerprint density at radius 2 is 1.69 bits per heavy atom. The van der Waals surface area contributed by atoms with Crippen LogP contribution in [0.25, 0.3) is 0 Å². The molecule has 0 unspecified atom stereocenters. The predicted octanol–water partition coefficient (Wildman–Crippen LogP) is 4.39. The number of carbonyl (C=O) groups excluding carboxylic acids is 1. The molecule has 1 heteroatoms. The minimum Gasteiger partial charge on any atom is -0.294 e. The standard InChI is InChI=1S/C15H22O/c1-4-8-13(9-5-2)15(16)14-11-7-6-10-12(14)3/h6-7,10-11,13H,4-5,8-9H2,1-3H3. The van der Waals surface area contributed by atoms with Gasteiger partial charge in [-0.1, -0.05) is 51.0 Å². The van der Waals surface area contributed by atoms with E-state index >= 15 is 0 Å². The lowest BCUT2D eigenvalue weighted by atomic mass is 9.88. The van der Waals surface area contributed by atoms with E-state index in [-0.39, 0.29) is 5.92 Å². The van der Waals surface area contributed by atoms with Crippen molar-refractivity contribution in [2.75, 3.05) is 0 Å². The number of carbonyl (C=O) groups is 1. The molecule has 0 spiro atoms. The van der Waals surface area contributed by atoms with Crippen LogP contribution in [0.1, 0.15) is 55.5 Å². The van der Waals surface area contributed by atoms with E-state index in [1.165, 1.54) is 0 Å². The van der Waals surface area contributed by atoms with Crippen molar-refractivity contribution in [3.8, 4) is 0 Å². The zero-order chi connectivity index (χ0) is 12.0. The van der Waals surface area contributed by atoms with Gasteiger partial charge >= 0.3 is 0 Å². The lowest BCUT2D eigenvalue weighted by Gasteiger charge is -2.15. The summed E-state index contributed by atoms with van der Waals surface area (Å²) < 4.78 is 0. The third-order valence-corrected chi connectivity index (χ3v) is 3.06. The highest BCUT2D eigenvalue weighted by Crippen LogP contribution is 2.21. The lowest BCUT2D eigenvalue weighted by molar-refractivity contribution is 0.0904. The molecule has 1 rings (SSSR count). The van der Waals surface area contributed by atoms with Crippen molar-refractivity contribution in [3.63, 3.8) is 0 Å². The Bertz CT molecular complexity index is 335. The fraction of sp³-hybridized carbons (Fsp3) is 0.533. The van der Waals surface area contributed by atoms with Crippen LogP contribution in [0.2, 0.25) is 0 Å². The van der Waals surface area contributed by atoms with Crippen LogP contribution in [0.3, 0.4) is 0 Å². The van der Waals surface area contributed by atoms with E-state index in [9.17, 15) is 4.79 Å².